The first-order valence-corrected chi connectivity index (χ1v) is 7.27. The van der Waals surface area contributed by atoms with Crippen LogP contribution in [0.2, 0.25) is 0 Å². The predicted molar refractivity (Wildman–Crippen MR) is 66.4 cm³/mol. The maximum atomic E-state index is 11.3. The lowest BCUT2D eigenvalue weighted by molar-refractivity contribution is -0.134. The van der Waals surface area contributed by atoms with Crippen molar-refractivity contribution in [3.63, 3.8) is 0 Å². The minimum Gasteiger partial charge on any atom is -0.466 e. The largest absolute Gasteiger partial charge is 0.532 e. The molecule has 0 aliphatic rings. The number of hydrogen-bond donors (Lipinski definition) is 0. The standard InChI is InChI=1S/C11H22O5Si/c1-6-7-8-10(9-11(12)13-2)17(14-3,15-4)16-5/h9H,6-8H2,1-5H3/b10-9+. The summed E-state index contributed by atoms with van der Waals surface area (Å²) in [5.41, 5.74) is 0. The third-order valence-electron chi connectivity index (χ3n) is 2.49. The SMILES string of the molecule is CCCC/C(=C\C(=O)OC)[Si](OC)(OC)OC. The molecule has 0 fully saturated rings. The summed E-state index contributed by atoms with van der Waals surface area (Å²) in [4.78, 5) is 11.3. The second kappa shape index (κ2) is 8.41. The van der Waals surface area contributed by atoms with Crippen molar-refractivity contribution in [1.29, 1.82) is 0 Å². The van der Waals surface area contributed by atoms with Gasteiger partial charge in [0.25, 0.3) is 0 Å². The van der Waals surface area contributed by atoms with Crippen molar-refractivity contribution in [2.75, 3.05) is 28.4 Å². The molecule has 0 aromatic heterocycles. The predicted octanol–water partition coefficient (Wildman–Crippen LogP) is 1.69. The van der Waals surface area contributed by atoms with Crippen LogP contribution in [0, 0.1) is 0 Å². The summed E-state index contributed by atoms with van der Waals surface area (Å²) in [5, 5.41) is 0.749. The number of unbranched alkanes of at least 4 members (excludes halogenated alkanes) is 1. The van der Waals surface area contributed by atoms with Gasteiger partial charge in [-0.05, 0) is 12.8 Å². The van der Waals surface area contributed by atoms with E-state index < -0.39 is 14.8 Å². The van der Waals surface area contributed by atoms with Gasteiger partial charge >= 0.3 is 14.8 Å². The molecule has 0 spiro atoms. The number of esters is 1. The molecule has 100 valence electrons. The fourth-order valence-corrected chi connectivity index (χ4v) is 3.59. The van der Waals surface area contributed by atoms with Gasteiger partial charge in [-0.25, -0.2) is 4.79 Å². The Morgan fingerprint density at radius 3 is 2.00 bits per heavy atom. The highest BCUT2D eigenvalue weighted by Crippen LogP contribution is 2.23. The van der Waals surface area contributed by atoms with Crippen LogP contribution in [0.15, 0.2) is 11.3 Å². The number of methoxy groups -OCH3 is 1. The van der Waals surface area contributed by atoms with Crippen molar-refractivity contribution in [1.82, 2.24) is 0 Å². The minimum absolute atomic E-state index is 0.417. The lowest BCUT2D eigenvalue weighted by Gasteiger charge is -2.26. The van der Waals surface area contributed by atoms with Crippen molar-refractivity contribution < 1.29 is 22.8 Å². The molecule has 0 heterocycles. The Hall–Kier alpha value is -0.693. The van der Waals surface area contributed by atoms with E-state index in [4.69, 9.17) is 13.3 Å². The van der Waals surface area contributed by atoms with E-state index in [0.29, 0.717) is 6.42 Å². The van der Waals surface area contributed by atoms with Crippen LogP contribution in [-0.2, 0) is 22.8 Å². The van der Waals surface area contributed by atoms with E-state index in [0.717, 1.165) is 18.0 Å². The maximum absolute atomic E-state index is 11.3. The number of carbonyl (C=O) groups excluding carboxylic acids is 1. The summed E-state index contributed by atoms with van der Waals surface area (Å²) in [5.74, 6) is -0.417. The Morgan fingerprint density at radius 2 is 1.65 bits per heavy atom. The molecule has 0 atom stereocenters. The molecule has 0 amide bonds. The summed E-state index contributed by atoms with van der Waals surface area (Å²) < 4.78 is 20.7. The molecular weight excluding hydrogens is 240 g/mol. The highest BCUT2D eigenvalue weighted by atomic mass is 28.4. The second-order valence-corrected chi connectivity index (χ2v) is 6.44. The van der Waals surface area contributed by atoms with Gasteiger partial charge in [0, 0.05) is 32.6 Å². The monoisotopic (exact) mass is 262 g/mol. The summed E-state index contributed by atoms with van der Waals surface area (Å²) in [6.45, 7) is 2.07. The lowest BCUT2D eigenvalue weighted by atomic mass is 10.2. The van der Waals surface area contributed by atoms with Gasteiger partial charge < -0.3 is 18.0 Å². The van der Waals surface area contributed by atoms with Crippen LogP contribution in [0.5, 0.6) is 0 Å². The highest BCUT2D eigenvalue weighted by molar-refractivity contribution is 6.69. The van der Waals surface area contributed by atoms with E-state index in [1.165, 1.54) is 34.5 Å². The molecule has 5 nitrogen and oxygen atoms in total. The van der Waals surface area contributed by atoms with Crippen LogP contribution in [0.1, 0.15) is 26.2 Å². The molecule has 0 saturated carbocycles. The zero-order chi connectivity index (χ0) is 13.3. The molecule has 0 aliphatic carbocycles. The molecule has 6 heteroatoms. The van der Waals surface area contributed by atoms with Crippen LogP contribution >= 0.6 is 0 Å². The summed E-state index contributed by atoms with van der Waals surface area (Å²) >= 11 is 0. The Balaban J connectivity index is 5.11. The molecule has 0 saturated heterocycles. The summed E-state index contributed by atoms with van der Waals surface area (Å²) in [6.07, 6.45) is 4.07. The molecule has 0 rings (SSSR count). The van der Waals surface area contributed by atoms with Gasteiger partial charge in [0.15, 0.2) is 0 Å². The van der Waals surface area contributed by atoms with Gasteiger partial charge in [0.05, 0.1) is 7.11 Å². The van der Waals surface area contributed by atoms with Crippen LogP contribution in [0.3, 0.4) is 0 Å². The van der Waals surface area contributed by atoms with Crippen molar-refractivity contribution >= 4 is 14.8 Å². The molecule has 0 radical (unpaired) electrons. The fourth-order valence-electron chi connectivity index (χ4n) is 1.53. The number of allylic oxidation sites excluding steroid dienone is 1. The Labute approximate surface area is 104 Å². The number of hydrogen-bond acceptors (Lipinski definition) is 5. The van der Waals surface area contributed by atoms with Crippen LogP contribution in [-0.4, -0.2) is 43.2 Å². The van der Waals surface area contributed by atoms with E-state index in [2.05, 4.69) is 11.7 Å². The van der Waals surface area contributed by atoms with Gasteiger partial charge in [0.2, 0.25) is 0 Å². The van der Waals surface area contributed by atoms with Gasteiger partial charge in [-0.1, -0.05) is 13.3 Å². The quantitative estimate of drug-likeness (QED) is 0.378. The molecule has 17 heavy (non-hydrogen) atoms. The summed E-state index contributed by atoms with van der Waals surface area (Å²) in [6, 6.07) is 0. The molecule has 0 bridgehead atoms. The van der Waals surface area contributed by atoms with Crippen molar-refractivity contribution in [3.8, 4) is 0 Å². The van der Waals surface area contributed by atoms with Crippen molar-refractivity contribution in [2.45, 2.75) is 26.2 Å². The zero-order valence-corrected chi connectivity index (χ0v) is 12.2. The first-order chi connectivity index (χ1) is 8.10. The van der Waals surface area contributed by atoms with Crippen molar-refractivity contribution in [3.05, 3.63) is 11.3 Å². The Morgan fingerprint density at radius 1 is 1.12 bits per heavy atom. The van der Waals surface area contributed by atoms with Crippen LogP contribution in [0.25, 0.3) is 0 Å². The van der Waals surface area contributed by atoms with E-state index in [1.807, 2.05) is 0 Å². The molecule has 0 unspecified atom stereocenters. The first kappa shape index (κ1) is 16.3. The molecular formula is C11H22O5Si. The van der Waals surface area contributed by atoms with Gasteiger partial charge in [-0.2, -0.15) is 0 Å². The average molecular weight is 262 g/mol. The second-order valence-electron chi connectivity index (χ2n) is 3.46. The Bertz CT molecular complexity index is 252. The van der Waals surface area contributed by atoms with Crippen LogP contribution < -0.4 is 0 Å². The zero-order valence-electron chi connectivity index (χ0n) is 11.2. The third-order valence-corrected chi connectivity index (χ3v) is 5.29. The normalized spacial score (nSPS) is 12.6. The van der Waals surface area contributed by atoms with E-state index in [9.17, 15) is 4.79 Å². The number of carbonyl (C=O) groups is 1. The molecule has 0 aromatic carbocycles. The molecule has 0 aromatic rings. The van der Waals surface area contributed by atoms with Gasteiger partial charge in [-0.15, -0.1) is 0 Å². The van der Waals surface area contributed by atoms with Crippen LogP contribution in [0.4, 0.5) is 0 Å². The average Bonchev–Trinajstić information content (AvgIpc) is 2.37. The lowest BCUT2D eigenvalue weighted by Crippen LogP contribution is -2.45. The maximum Gasteiger partial charge on any atom is 0.532 e. The smallest absolute Gasteiger partial charge is 0.466 e. The summed E-state index contributed by atoms with van der Waals surface area (Å²) in [7, 11) is 3.01. The topological polar surface area (TPSA) is 54.0 Å². The molecule has 0 N–H and O–H groups in total. The minimum atomic E-state index is -2.90. The Kier molecular flexibility index (Phi) is 8.06. The number of ether oxygens (including phenoxy) is 1. The van der Waals surface area contributed by atoms with E-state index in [1.54, 1.807) is 0 Å². The van der Waals surface area contributed by atoms with Gasteiger partial charge in [-0.3, -0.25) is 0 Å². The van der Waals surface area contributed by atoms with E-state index >= 15 is 0 Å². The fraction of sp³-hybridized carbons (Fsp3) is 0.727. The highest BCUT2D eigenvalue weighted by Gasteiger charge is 2.42. The van der Waals surface area contributed by atoms with Gasteiger partial charge in [0.1, 0.15) is 0 Å². The first-order valence-electron chi connectivity index (χ1n) is 5.54. The number of rotatable bonds is 8. The molecule has 0 aliphatic heterocycles. The van der Waals surface area contributed by atoms with Crippen molar-refractivity contribution in [2.24, 2.45) is 0 Å². The third kappa shape index (κ3) is 4.59. The van der Waals surface area contributed by atoms with E-state index in [-0.39, 0.29) is 0 Å².